The molecule has 0 heterocycles. The van der Waals surface area contributed by atoms with Gasteiger partial charge in [0.15, 0.2) is 6.10 Å². The molecule has 9 nitrogen and oxygen atoms in total. The Morgan fingerprint density at radius 3 is 0.899 bits per heavy atom. The molecule has 0 aromatic rings. The van der Waals surface area contributed by atoms with E-state index in [1.807, 2.05) is 21.1 Å². The second kappa shape index (κ2) is 70.9. The van der Waals surface area contributed by atoms with Crippen molar-refractivity contribution in [1.82, 2.24) is 0 Å². The molecule has 0 bridgehead atoms. The van der Waals surface area contributed by atoms with Crippen molar-refractivity contribution < 1.29 is 42.9 Å². The maximum absolute atomic E-state index is 13.0. The number of allylic oxidation sites excluding steroid dienone is 10. The van der Waals surface area contributed by atoms with E-state index in [4.69, 9.17) is 18.9 Å². The third-order valence-electron chi connectivity index (χ3n) is 17.2. The molecule has 0 amide bonds. The Kier molecular flexibility index (Phi) is 68.5. The summed E-state index contributed by atoms with van der Waals surface area (Å²) in [5.41, 5.74) is 0. The maximum atomic E-state index is 13.0. The SMILES string of the molecule is CCCCCCC/C=C\C/C=C\C/C=C\CCCCCCCCCCCCCCCCCCCCCCCCCCCCC(=O)OC(COC(=O)CCCCCCCCCCCCC/C=C\C/C=C\CCCCCCC)COC(OCC[N+](C)(C)C)C(=O)O. The molecule has 2 atom stereocenters. The van der Waals surface area contributed by atoms with Crippen LogP contribution in [0.3, 0.4) is 0 Å². The molecule has 0 radical (unpaired) electrons. The molecular formula is C80H148NO8+. The highest BCUT2D eigenvalue weighted by Crippen LogP contribution is 2.19. The molecule has 0 saturated heterocycles. The third-order valence-corrected chi connectivity index (χ3v) is 17.2. The summed E-state index contributed by atoms with van der Waals surface area (Å²) in [4.78, 5) is 37.7. The molecule has 0 spiro atoms. The Labute approximate surface area is 552 Å². The summed E-state index contributed by atoms with van der Waals surface area (Å²) in [6.45, 7) is 4.91. The lowest BCUT2D eigenvalue weighted by molar-refractivity contribution is -0.870. The second-order valence-corrected chi connectivity index (χ2v) is 27.3. The Balaban J connectivity index is 3.96. The maximum Gasteiger partial charge on any atom is 0.361 e. The van der Waals surface area contributed by atoms with Gasteiger partial charge in [-0.3, -0.25) is 9.59 Å². The quantitative estimate of drug-likeness (QED) is 0.0211. The highest BCUT2D eigenvalue weighted by Gasteiger charge is 2.25. The highest BCUT2D eigenvalue weighted by atomic mass is 16.7. The number of carboxylic acid groups (broad SMARTS) is 1. The molecule has 0 fully saturated rings. The van der Waals surface area contributed by atoms with Crippen LogP contribution in [0.25, 0.3) is 0 Å². The fourth-order valence-electron chi connectivity index (χ4n) is 11.4. The van der Waals surface area contributed by atoms with E-state index in [0.29, 0.717) is 17.4 Å². The van der Waals surface area contributed by atoms with E-state index in [-0.39, 0.29) is 38.2 Å². The monoisotopic (exact) mass is 1250 g/mol. The molecule has 0 aliphatic heterocycles. The summed E-state index contributed by atoms with van der Waals surface area (Å²) >= 11 is 0. The van der Waals surface area contributed by atoms with Crippen LogP contribution in [0.1, 0.15) is 373 Å². The van der Waals surface area contributed by atoms with Crippen LogP contribution in [-0.2, 0) is 33.3 Å². The molecule has 520 valence electrons. The smallest absolute Gasteiger partial charge is 0.361 e. The van der Waals surface area contributed by atoms with Gasteiger partial charge in [-0.15, -0.1) is 0 Å². The first kappa shape index (κ1) is 86.0. The Morgan fingerprint density at radius 2 is 0.607 bits per heavy atom. The van der Waals surface area contributed by atoms with Crippen molar-refractivity contribution in [1.29, 1.82) is 0 Å². The van der Waals surface area contributed by atoms with E-state index in [2.05, 4.69) is 74.6 Å². The van der Waals surface area contributed by atoms with Crippen LogP contribution >= 0.6 is 0 Å². The number of carboxylic acids is 1. The van der Waals surface area contributed by atoms with Gasteiger partial charge in [-0.05, 0) is 83.5 Å². The van der Waals surface area contributed by atoms with Crippen molar-refractivity contribution in [2.45, 2.75) is 386 Å². The molecule has 89 heavy (non-hydrogen) atoms. The lowest BCUT2D eigenvalue weighted by atomic mass is 10.0. The number of quaternary nitrogens is 1. The molecule has 0 saturated carbocycles. The third kappa shape index (κ3) is 72.3. The number of hydrogen-bond donors (Lipinski definition) is 1. The van der Waals surface area contributed by atoms with E-state index < -0.39 is 18.4 Å². The minimum absolute atomic E-state index is 0.180. The standard InChI is InChI=1S/C80H147NO8/c1-6-8-10-12-14-16-18-20-22-24-26-28-30-31-32-33-34-35-36-37-38-39-40-41-42-43-44-45-46-47-49-51-53-55-57-59-61-63-65-67-69-71-78(83)89-76(75-88-80(79(84)85)86-73-72-81(3,4)5)74-87-77(82)70-68-66-64-62-60-58-56-54-52-50-48-29-27-25-23-21-19-17-15-13-11-9-7-2/h18-21,24-27,30-31,76,80H,6-17,22-23,28-29,32-75H2,1-5H3/p+1/b20-18-,21-19-,26-24-,27-25-,31-30-. The van der Waals surface area contributed by atoms with E-state index in [1.165, 1.54) is 289 Å². The van der Waals surface area contributed by atoms with Crippen LogP contribution < -0.4 is 0 Å². The second-order valence-electron chi connectivity index (χ2n) is 27.3. The molecule has 0 rings (SSSR count). The average molecular weight is 1250 g/mol. The number of rotatable bonds is 72. The Morgan fingerprint density at radius 1 is 0.337 bits per heavy atom. The first-order valence-electron chi connectivity index (χ1n) is 38.5. The molecule has 0 aromatic heterocycles. The molecule has 0 aliphatic rings. The number of unbranched alkanes of at least 4 members (excludes halogenated alkanes) is 47. The van der Waals surface area contributed by atoms with Gasteiger partial charge >= 0.3 is 17.9 Å². The van der Waals surface area contributed by atoms with Crippen molar-refractivity contribution in [3.05, 3.63) is 60.8 Å². The van der Waals surface area contributed by atoms with E-state index in [1.54, 1.807) is 0 Å². The number of hydrogen-bond acceptors (Lipinski definition) is 7. The number of esters is 2. The minimum atomic E-state index is -1.51. The van der Waals surface area contributed by atoms with Crippen molar-refractivity contribution in [3.63, 3.8) is 0 Å². The van der Waals surface area contributed by atoms with Gasteiger partial charge in [0.05, 0.1) is 34.4 Å². The molecule has 0 aliphatic carbocycles. The van der Waals surface area contributed by atoms with Gasteiger partial charge in [-0.25, -0.2) is 4.79 Å². The van der Waals surface area contributed by atoms with Gasteiger partial charge in [0.25, 0.3) is 6.29 Å². The summed E-state index contributed by atoms with van der Waals surface area (Å²) in [6.07, 6.45) is 90.8. The number of aliphatic carboxylic acids is 1. The molecular weight excluding hydrogens is 1100 g/mol. The number of likely N-dealkylation sites (N-methyl/N-ethyl adjacent to an activating group) is 1. The largest absolute Gasteiger partial charge is 0.477 e. The average Bonchev–Trinajstić information content (AvgIpc) is 3.64. The summed E-state index contributed by atoms with van der Waals surface area (Å²) in [6, 6.07) is 0. The van der Waals surface area contributed by atoms with Crippen LogP contribution in [0, 0.1) is 0 Å². The Bertz CT molecular complexity index is 1650. The van der Waals surface area contributed by atoms with Crippen LogP contribution in [0.2, 0.25) is 0 Å². The van der Waals surface area contributed by atoms with E-state index in [9.17, 15) is 19.5 Å². The zero-order valence-corrected chi connectivity index (χ0v) is 59.6. The lowest BCUT2D eigenvalue weighted by Crippen LogP contribution is -2.40. The number of nitrogens with zero attached hydrogens (tertiary/aromatic N) is 1. The summed E-state index contributed by atoms with van der Waals surface area (Å²) in [5.74, 6) is -1.98. The van der Waals surface area contributed by atoms with E-state index >= 15 is 0 Å². The predicted octanol–water partition coefficient (Wildman–Crippen LogP) is 24.3. The molecule has 2 unspecified atom stereocenters. The van der Waals surface area contributed by atoms with Crippen LogP contribution in [0.4, 0.5) is 0 Å². The fraction of sp³-hybridized carbons (Fsp3) is 0.838. The van der Waals surface area contributed by atoms with Crippen LogP contribution in [0.5, 0.6) is 0 Å². The zero-order chi connectivity index (χ0) is 64.7. The number of carbonyl (C=O) groups excluding carboxylic acids is 2. The summed E-state index contributed by atoms with van der Waals surface area (Å²) < 4.78 is 23.0. The van der Waals surface area contributed by atoms with Gasteiger partial charge in [0, 0.05) is 12.8 Å². The molecule has 0 aromatic carbocycles. The van der Waals surface area contributed by atoms with Gasteiger partial charge in [0.2, 0.25) is 0 Å². The first-order chi connectivity index (χ1) is 43.6. The number of ether oxygens (including phenoxy) is 4. The minimum Gasteiger partial charge on any atom is -0.477 e. The fourth-order valence-corrected chi connectivity index (χ4v) is 11.4. The van der Waals surface area contributed by atoms with Crippen molar-refractivity contribution in [2.75, 3.05) is 47.5 Å². The van der Waals surface area contributed by atoms with Crippen molar-refractivity contribution in [2.24, 2.45) is 0 Å². The molecule has 9 heteroatoms. The highest BCUT2D eigenvalue weighted by molar-refractivity contribution is 5.71. The topological polar surface area (TPSA) is 108 Å². The zero-order valence-electron chi connectivity index (χ0n) is 59.6. The Hall–Kier alpha value is -3.01. The van der Waals surface area contributed by atoms with Crippen molar-refractivity contribution in [3.8, 4) is 0 Å². The predicted molar refractivity (Wildman–Crippen MR) is 383 cm³/mol. The van der Waals surface area contributed by atoms with Gasteiger partial charge in [0.1, 0.15) is 13.2 Å². The molecule has 1 N–H and O–H groups in total. The van der Waals surface area contributed by atoms with Gasteiger partial charge < -0.3 is 28.5 Å². The van der Waals surface area contributed by atoms with Gasteiger partial charge in [-0.1, -0.05) is 338 Å². The van der Waals surface area contributed by atoms with Gasteiger partial charge in [-0.2, -0.15) is 0 Å². The van der Waals surface area contributed by atoms with E-state index in [0.717, 1.165) is 57.8 Å². The van der Waals surface area contributed by atoms with Crippen LogP contribution in [-0.4, -0.2) is 87.4 Å². The summed E-state index contributed by atoms with van der Waals surface area (Å²) in [7, 11) is 5.99. The number of carbonyl (C=O) groups is 3. The normalized spacial score (nSPS) is 13.0. The lowest BCUT2D eigenvalue weighted by Gasteiger charge is -2.25. The van der Waals surface area contributed by atoms with Crippen molar-refractivity contribution >= 4 is 17.9 Å². The summed E-state index contributed by atoms with van der Waals surface area (Å²) in [5, 5.41) is 9.76. The van der Waals surface area contributed by atoms with Crippen LogP contribution in [0.15, 0.2) is 60.8 Å². The first-order valence-corrected chi connectivity index (χ1v) is 38.5.